The first-order valence-corrected chi connectivity index (χ1v) is 35.3. The van der Waals surface area contributed by atoms with Gasteiger partial charge in [-0.25, -0.2) is 0 Å². The number of thioether (sulfide) groups is 2. The molecule has 1 rings (SSSR count). The third-order valence-electron chi connectivity index (χ3n) is 16.5. The number of aliphatic hydroxyl groups excluding tert-OH is 4. The zero-order valence-corrected chi connectivity index (χ0v) is 52.3. The van der Waals surface area contributed by atoms with Gasteiger partial charge in [0.2, 0.25) is 0 Å². The molecule has 6 atom stereocenters. The van der Waals surface area contributed by atoms with Crippen molar-refractivity contribution in [2.45, 2.75) is 322 Å². The molecule has 8 nitrogen and oxygen atoms in total. The van der Waals surface area contributed by atoms with E-state index in [1.165, 1.54) is 193 Å². The molecule has 0 saturated carbocycles. The molecule has 1 fully saturated rings. The molecule has 1 saturated heterocycles. The van der Waals surface area contributed by atoms with Gasteiger partial charge in [0.1, 0.15) is 0 Å². The second-order valence-electron chi connectivity index (χ2n) is 23.5. The van der Waals surface area contributed by atoms with Crippen LogP contribution in [0.4, 0.5) is 0 Å². The van der Waals surface area contributed by atoms with Crippen LogP contribution in [0.25, 0.3) is 0 Å². The molecule has 444 valence electrons. The summed E-state index contributed by atoms with van der Waals surface area (Å²) < 4.78 is 0. The normalized spacial score (nSPS) is 17.5. The first-order chi connectivity index (χ1) is 36.2. The summed E-state index contributed by atoms with van der Waals surface area (Å²) in [5.41, 5.74) is 0. The Labute approximate surface area is 471 Å². The number of rotatable bonds is 58. The van der Waals surface area contributed by atoms with Gasteiger partial charge in [-0.3, -0.25) is 19.6 Å². The van der Waals surface area contributed by atoms with Crippen molar-refractivity contribution < 1.29 is 20.4 Å². The molecular formula is C64H132N4O4S2. The molecule has 0 aromatic heterocycles. The number of aliphatic hydroxyl groups is 4. The van der Waals surface area contributed by atoms with Crippen molar-refractivity contribution in [1.82, 2.24) is 19.6 Å². The van der Waals surface area contributed by atoms with E-state index >= 15 is 0 Å². The first kappa shape index (κ1) is 72.4. The van der Waals surface area contributed by atoms with Gasteiger partial charge in [-0.15, -0.1) is 0 Å². The Morgan fingerprint density at radius 3 is 0.797 bits per heavy atom. The molecule has 1 heterocycles. The summed E-state index contributed by atoms with van der Waals surface area (Å²) in [4.78, 5) is 10.4. The predicted molar refractivity (Wildman–Crippen MR) is 332 cm³/mol. The maximum absolute atomic E-state index is 11.2. The van der Waals surface area contributed by atoms with Crippen LogP contribution < -0.4 is 0 Å². The van der Waals surface area contributed by atoms with Crippen LogP contribution in [-0.4, -0.2) is 165 Å². The van der Waals surface area contributed by atoms with E-state index in [0.29, 0.717) is 38.3 Å². The summed E-state index contributed by atoms with van der Waals surface area (Å²) in [6.45, 7) is 23.1. The molecule has 4 N–H and O–H groups in total. The zero-order chi connectivity index (χ0) is 54.0. The first-order valence-electron chi connectivity index (χ1n) is 33.0. The maximum Gasteiger partial charge on any atom is 0.0667 e. The zero-order valence-electron chi connectivity index (χ0n) is 50.6. The lowest BCUT2D eigenvalue weighted by atomic mass is 10.0. The minimum absolute atomic E-state index is 0.308. The monoisotopic (exact) mass is 1080 g/mol. The molecule has 0 aliphatic carbocycles. The van der Waals surface area contributed by atoms with Gasteiger partial charge in [0, 0.05) is 101 Å². The van der Waals surface area contributed by atoms with E-state index in [0.717, 1.165) is 114 Å². The van der Waals surface area contributed by atoms with Crippen LogP contribution in [0.5, 0.6) is 0 Å². The van der Waals surface area contributed by atoms with Crippen molar-refractivity contribution in [2.75, 3.05) is 88.5 Å². The molecule has 1 aliphatic heterocycles. The van der Waals surface area contributed by atoms with Gasteiger partial charge in [-0.1, -0.05) is 247 Å². The van der Waals surface area contributed by atoms with Gasteiger partial charge in [-0.2, -0.15) is 23.5 Å². The molecular weight excluding hydrogens is 953 g/mol. The van der Waals surface area contributed by atoms with Crippen molar-refractivity contribution in [2.24, 2.45) is 0 Å². The Hall–Kier alpha value is 0.380. The Balaban J connectivity index is 2.63. The molecule has 0 amide bonds. The molecule has 6 unspecified atom stereocenters. The molecule has 0 aromatic rings. The number of nitrogens with zero attached hydrogens (tertiary/aromatic N) is 4. The van der Waals surface area contributed by atoms with Crippen LogP contribution in [0.1, 0.15) is 286 Å². The maximum atomic E-state index is 11.2. The van der Waals surface area contributed by atoms with Gasteiger partial charge in [0.25, 0.3) is 0 Å². The third kappa shape index (κ3) is 43.2. The number of unbranched alkanes of at least 4 members (excludes halogenated alkanes) is 28. The lowest BCUT2D eigenvalue weighted by molar-refractivity contribution is 0.0327. The van der Waals surface area contributed by atoms with Crippen LogP contribution in [0.3, 0.4) is 0 Å². The van der Waals surface area contributed by atoms with E-state index in [2.05, 4.69) is 84.7 Å². The molecule has 0 aromatic carbocycles. The van der Waals surface area contributed by atoms with Gasteiger partial charge in [0.15, 0.2) is 0 Å². The molecule has 1 aliphatic rings. The van der Waals surface area contributed by atoms with E-state index in [9.17, 15) is 20.4 Å². The molecule has 0 spiro atoms. The fourth-order valence-electron chi connectivity index (χ4n) is 11.5. The van der Waals surface area contributed by atoms with Crippen LogP contribution in [0.15, 0.2) is 0 Å². The minimum Gasteiger partial charge on any atom is -0.392 e. The fraction of sp³-hybridized carbons (Fsp3) is 1.00. The minimum atomic E-state index is -0.308. The van der Waals surface area contributed by atoms with Gasteiger partial charge in [-0.05, 0) is 38.5 Å². The van der Waals surface area contributed by atoms with Crippen molar-refractivity contribution in [3.8, 4) is 0 Å². The summed E-state index contributed by atoms with van der Waals surface area (Å²) in [6, 6.07) is 1.19. The largest absolute Gasteiger partial charge is 0.392 e. The lowest BCUT2D eigenvalue weighted by Crippen LogP contribution is -2.58. The van der Waals surface area contributed by atoms with Crippen LogP contribution >= 0.6 is 23.5 Å². The highest BCUT2D eigenvalue weighted by atomic mass is 32.2. The standard InChI is InChI=1S/C64H132N4O4S2/c1-7-13-17-21-25-29-33-37-41-61(69)55-65(56-62(70)42-38-34-30-26-22-18-14-8-2)45-49-73-51-47-67-53-60(12-6)68(54-59(67)11-5)48-52-74-50-46-66(57-63(71)43-39-35-31-27-23-19-15-9-3)58-64(72)44-40-36-32-28-24-20-16-10-4/h59-64,69-72H,7-58H2,1-6H3. The molecule has 0 radical (unpaired) electrons. The van der Waals surface area contributed by atoms with E-state index in [1.807, 2.05) is 0 Å². The van der Waals surface area contributed by atoms with Crippen LogP contribution in [0, 0.1) is 0 Å². The topological polar surface area (TPSA) is 93.9 Å². The van der Waals surface area contributed by atoms with Gasteiger partial charge >= 0.3 is 0 Å². The van der Waals surface area contributed by atoms with Crippen molar-refractivity contribution in [3.05, 3.63) is 0 Å². The summed E-state index contributed by atoms with van der Waals surface area (Å²) in [5.74, 6) is 4.37. The van der Waals surface area contributed by atoms with Crippen LogP contribution in [-0.2, 0) is 0 Å². The lowest BCUT2D eigenvalue weighted by Gasteiger charge is -2.46. The number of hydrogen-bond acceptors (Lipinski definition) is 10. The molecule has 74 heavy (non-hydrogen) atoms. The quantitative estimate of drug-likeness (QED) is 0.0441. The van der Waals surface area contributed by atoms with Crippen molar-refractivity contribution in [3.63, 3.8) is 0 Å². The fourth-order valence-corrected chi connectivity index (χ4v) is 13.4. The second-order valence-corrected chi connectivity index (χ2v) is 26.0. The Morgan fingerprint density at radius 2 is 0.568 bits per heavy atom. The van der Waals surface area contributed by atoms with Crippen molar-refractivity contribution in [1.29, 1.82) is 0 Å². The van der Waals surface area contributed by atoms with Gasteiger partial charge < -0.3 is 20.4 Å². The van der Waals surface area contributed by atoms with Gasteiger partial charge in [0.05, 0.1) is 24.4 Å². The van der Waals surface area contributed by atoms with E-state index < -0.39 is 0 Å². The van der Waals surface area contributed by atoms with E-state index in [1.54, 1.807) is 0 Å². The van der Waals surface area contributed by atoms with E-state index in [-0.39, 0.29) is 24.4 Å². The molecule has 10 heteroatoms. The molecule has 0 bridgehead atoms. The average Bonchev–Trinajstić information content (AvgIpc) is 3.39. The highest BCUT2D eigenvalue weighted by Crippen LogP contribution is 2.23. The number of piperazine rings is 1. The predicted octanol–water partition coefficient (Wildman–Crippen LogP) is 15.8. The van der Waals surface area contributed by atoms with Crippen molar-refractivity contribution >= 4 is 23.5 Å². The highest BCUT2D eigenvalue weighted by molar-refractivity contribution is 7.99. The Morgan fingerprint density at radius 1 is 0.338 bits per heavy atom. The third-order valence-corrected chi connectivity index (χ3v) is 18.3. The average molecular weight is 1090 g/mol. The van der Waals surface area contributed by atoms with Crippen LogP contribution in [0.2, 0.25) is 0 Å². The summed E-state index contributed by atoms with van der Waals surface area (Å²) >= 11 is 4.13. The Kier molecular flexibility index (Phi) is 52.8. The van der Waals surface area contributed by atoms with E-state index in [4.69, 9.17) is 0 Å². The Bertz CT molecular complexity index is 991. The second kappa shape index (κ2) is 54.0. The summed E-state index contributed by atoms with van der Waals surface area (Å²) in [5, 5.41) is 44.6. The number of hydrogen-bond donors (Lipinski definition) is 4. The highest BCUT2D eigenvalue weighted by Gasteiger charge is 2.31. The summed E-state index contributed by atoms with van der Waals surface area (Å²) in [7, 11) is 0. The smallest absolute Gasteiger partial charge is 0.0667 e. The SMILES string of the molecule is CCCCCCCCCCC(O)CN(CCSCCN1CC(CC)N(CCSCCN(CC(O)CCCCCCCCCC)CC(O)CCCCCCCCCC)CC1CC)CC(O)CCCCCCCCCC. The summed E-state index contributed by atoms with van der Waals surface area (Å²) in [6.07, 6.45) is 45.9.